The maximum atomic E-state index is 9.22. The van der Waals surface area contributed by atoms with Crippen molar-refractivity contribution in [2.75, 3.05) is 24.7 Å². The monoisotopic (exact) mass is 343 g/mol. The fourth-order valence-corrected chi connectivity index (χ4v) is 2.80. The van der Waals surface area contributed by atoms with Crippen LogP contribution in [0.4, 0.5) is 5.69 Å². The van der Waals surface area contributed by atoms with Crippen LogP contribution in [-0.4, -0.2) is 48.1 Å². The molecule has 0 saturated carbocycles. The highest BCUT2D eigenvalue weighted by molar-refractivity contribution is 9.10. The Morgan fingerprint density at radius 3 is 2.95 bits per heavy atom. The Morgan fingerprint density at radius 1 is 1.60 bits per heavy atom. The fraction of sp³-hybridized carbons (Fsp3) is 0.462. The van der Waals surface area contributed by atoms with Gasteiger partial charge in [-0.15, -0.1) is 0 Å². The van der Waals surface area contributed by atoms with Crippen molar-refractivity contribution in [3.05, 3.63) is 28.2 Å². The van der Waals surface area contributed by atoms with Crippen LogP contribution in [0.25, 0.3) is 0 Å². The summed E-state index contributed by atoms with van der Waals surface area (Å²) in [6.45, 7) is 3.28. The number of oxime groups is 1. The zero-order valence-corrected chi connectivity index (χ0v) is 12.7. The Labute approximate surface area is 125 Å². The summed E-state index contributed by atoms with van der Waals surface area (Å²) < 4.78 is 6.28. The lowest BCUT2D eigenvalue weighted by molar-refractivity contribution is -0.0103. The molecule has 2 rings (SSSR count). The van der Waals surface area contributed by atoms with Crippen LogP contribution in [0, 0.1) is 0 Å². The number of aliphatic hydroxyl groups excluding tert-OH is 1. The van der Waals surface area contributed by atoms with Crippen molar-refractivity contribution in [1.82, 2.24) is 0 Å². The third-order valence-electron chi connectivity index (χ3n) is 3.38. The molecule has 7 heteroatoms. The van der Waals surface area contributed by atoms with Crippen LogP contribution in [-0.2, 0) is 4.74 Å². The molecule has 1 aliphatic rings. The maximum Gasteiger partial charge on any atom is 0.171 e. The van der Waals surface area contributed by atoms with Gasteiger partial charge in [0.1, 0.15) is 0 Å². The Bertz CT molecular complexity index is 510. The Hall–Kier alpha value is -1.31. The average Bonchev–Trinajstić information content (AvgIpc) is 2.47. The molecule has 1 aromatic carbocycles. The van der Waals surface area contributed by atoms with Crippen LogP contribution in [0.5, 0.6) is 0 Å². The van der Waals surface area contributed by atoms with E-state index in [9.17, 15) is 5.11 Å². The number of anilines is 1. The summed E-state index contributed by atoms with van der Waals surface area (Å²) in [6, 6.07) is 5.85. The number of aliphatic hydroxyl groups is 1. The summed E-state index contributed by atoms with van der Waals surface area (Å²) in [6.07, 6.45) is -0.172. The molecule has 110 valence electrons. The molecule has 0 radical (unpaired) electrons. The molecule has 2 unspecified atom stereocenters. The summed E-state index contributed by atoms with van der Waals surface area (Å²) in [5.41, 5.74) is 7.23. The minimum Gasteiger partial charge on any atom is -0.409 e. The van der Waals surface area contributed by atoms with Gasteiger partial charge in [0.25, 0.3) is 0 Å². The van der Waals surface area contributed by atoms with E-state index in [0.29, 0.717) is 18.7 Å². The first-order valence-corrected chi connectivity index (χ1v) is 7.12. The molecule has 1 fully saturated rings. The first kappa shape index (κ1) is 15.1. The van der Waals surface area contributed by atoms with Gasteiger partial charge in [0.2, 0.25) is 0 Å². The molecule has 0 spiro atoms. The van der Waals surface area contributed by atoms with Gasteiger partial charge in [0, 0.05) is 28.3 Å². The fourth-order valence-electron chi connectivity index (χ4n) is 2.23. The predicted molar refractivity (Wildman–Crippen MR) is 80.3 cm³/mol. The second kappa shape index (κ2) is 6.43. The third kappa shape index (κ3) is 3.05. The van der Waals surface area contributed by atoms with Gasteiger partial charge in [-0.2, -0.15) is 0 Å². The van der Waals surface area contributed by atoms with Gasteiger partial charge in [0.15, 0.2) is 5.84 Å². The molecule has 6 nitrogen and oxygen atoms in total. The molecule has 4 N–H and O–H groups in total. The molecule has 0 bridgehead atoms. The topological polar surface area (TPSA) is 91.3 Å². The number of hydrogen-bond donors (Lipinski definition) is 3. The minimum atomic E-state index is -0.172. The molecule has 0 aliphatic carbocycles. The van der Waals surface area contributed by atoms with Crippen molar-refractivity contribution in [3.8, 4) is 0 Å². The highest BCUT2D eigenvalue weighted by atomic mass is 79.9. The number of nitrogens with zero attached hydrogens (tertiary/aromatic N) is 2. The third-order valence-corrected chi connectivity index (χ3v) is 4.03. The standard InChI is InChI=1S/C13H18BrN3O3/c1-8-7-20-10(6-18)5-17(8)9-2-3-11(12(14)4-9)13(15)16-19/h2-4,8,10,18-19H,5-7H2,1H3,(H2,15,16). The van der Waals surface area contributed by atoms with E-state index in [1.54, 1.807) is 6.07 Å². The molecule has 0 aromatic heterocycles. The molecular formula is C13H18BrN3O3. The summed E-state index contributed by atoms with van der Waals surface area (Å²) in [4.78, 5) is 2.17. The number of benzene rings is 1. The van der Waals surface area contributed by atoms with Gasteiger partial charge >= 0.3 is 0 Å². The summed E-state index contributed by atoms with van der Waals surface area (Å²) in [7, 11) is 0. The van der Waals surface area contributed by atoms with Gasteiger partial charge < -0.3 is 25.7 Å². The first-order chi connectivity index (χ1) is 9.56. The maximum absolute atomic E-state index is 9.22. The Kier molecular flexibility index (Phi) is 4.85. The highest BCUT2D eigenvalue weighted by Crippen LogP contribution is 2.27. The lowest BCUT2D eigenvalue weighted by Gasteiger charge is -2.39. The number of hydrogen-bond acceptors (Lipinski definition) is 5. The van der Waals surface area contributed by atoms with E-state index in [1.165, 1.54) is 0 Å². The van der Waals surface area contributed by atoms with E-state index in [1.807, 2.05) is 12.1 Å². The van der Waals surface area contributed by atoms with Crippen molar-refractivity contribution in [2.45, 2.75) is 19.1 Å². The van der Waals surface area contributed by atoms with Crippen molar-refractivity contribution >= 4 is 27.5 Å². The molecule has 1 aromatic rings. The van der Waals surface area contributed by atoms with Crippen molar-refractivity contribution in [3.63, 3.8) is 0 Å². The van der Waals surface area contributed by atoms with E-state index >= 15 is 0 Å². The second-order valence-electron chi connectivity index (χ2n) is 4.79. The molecule has 0 amide bonds. The van der Waals surface area contributed by atoms with Gasteiger partial charge in [-0.3, -0.25) is 0 Å². The van der Waals surface area contributed by atoms with Gasteiger partial charge in [-0.1, -0.05) is 5.16 Å². The number of morpholine rings is 1. The van der Waals surface area contributed by atoms with E-state index in [4.69, 9.17) is 15.7 Å². The number of nitrogens with two attached hydrogens (primary N) is 1. The minimum absolute atomic E-state index is 0.00654. The van der Waals surface area contributed by atoms with E-state index < -0.39 is 0 Å². The molecular weight excluding hydrogens is 326 g/mol. The number of amidine groups is 1. The summed E-state index contributed by atoms with van der Waals surface area (Å²) in [5.74, 6) is 0.0617. The van der Waals surface area contributed by atoms with Crippen molar-refractivity contribution in [1.29, 1.82) is 0 Å². The van der Waals surface area contributed by atoms with E-state index in [0.717, 1.165) is 10.2 Å². The quantitative estimate of drug-likeness (QED) is 0.331. The van der Waals surface area contributed by atoms with Crippen molar-refractivity contribution < 1.29 is 15.1 Å². The Morgan fingerprint density at radius 2 is 2.35 bits per heavy atom. The molecule has 1 heterocycles. The molecule has 1 saturated heterocycles. The van der Waals surface area contributed by atoms with E-state index in [-0.39, 0.29) is 24.6 Å². The molecule has 1 aliphatic heterocycles. The summed E-state index contributed by atoms with van der Waals surface area (Å²) in [5, 5.41) is 21.0. The number of halogens is 1. The van der Waals surface area contributed by atoms with Gasteiger partial charge in [-0.25, -0.2) is 0 Å². The highest BCUT2D eigenvalue weighted by Gasteiger charge is 2.26. The first-order valence-electron chi connectivity index (χ1n) is 6.33. The zero-order valence-electron chi connectivity index (χ0n) is 11.2. The van der Waals surface area contributed by atoms with E-state index in [2.05, 4.69) is 32.9 Å². The van der Waals surface area contributed by atoms with Crippen LogP contribution in [0.15, 0.2) is 27.8 Å². The largest absolute Gasteiger partial charge is 0.409 e. The van der Waals surface area contributed by atoms with Crippen LogP contribution < -0.4 is 10.6 Å². The van der Waals surface area contributed by atoms with Crippen molar-refractivity contribution in [2.24, 2.45) is 10.9 Å². The predicted octanol–water partition coefficient (Wildman–Crippen LogP) is 1.13. The lowest BCUT2D eigenvalue weighted by atomic mass is 10.1. The normalized spacial score (nSPS) is 23.9. The molecule has 2 atom stereocenters. The lowest BCUT2D eigenvalue weighted by Crippen LogP contribution is -2.49. The SMILES string of the molecule is CC1COC(CO)CN1c1ccc(/C(N)=N/O)c(Br)c1. The second-order valence-corrected chi connectivity index (χ2v) is 5.64. The van der Waals surface area contributed by atoms with Crippen LogP contribution >= 0.6 is 15.9 Å². The van der Waals surface area contributed by atoms with Gasteiger partial charge in [-0.05, 0) is 41.1 Å². The van der Waals surface area contributed by atoms with Crippen LogP contribution in [0.2, 0.25) is 0 Å². The smallest absolute Gasteiger partial charge is 0.171 e. The zero-order chi connectivity index (χ0) is 14.7. The average molecular weight is 344 g/mol. The van der Waals surface area contributed by atoms with Crippen LogP contribution in [0.3, 0.4) is 0 Å². The Balaban J connectivity index is 2.26. The molecule has 20 heavy (non-hydrogen) atoms. The summed E-state index contributed by atoms with van der Waals surface area (Å²) >= 11 is 3.43. The van der Waals surface area contributed by atoms with Crippen LogP contribution in [0.1, 0.15) is 12.5 Å². The van der Waals surface area contributed by atoms with Gasteiger partial charge in [0.05, 0.1) is 19.3 Å². The number of ether oxygens (including phenoxy) is 1. The number of rotatable bonds is 3.